The number of hydrogen-bond donors (Lipinski definition) is 0. The third-order valence-corrected chi connectivity index (χ3v) is 4.37. The standard InChI is InChI=1S/C23H38O2/c1-7-19(2)11-8-12-20(3)13-9-14-21(4)15-10-16-22(5)17-18-25-23(6)24/h11,13,15,17H,7-10,12,14,16,18H2,1-6H3/b19-11+,20-13+,21-15+,22-17+. The molecule has 0 aliphatic carbocycles. The van der Waals surface area contributed by atoms with Gasteiger partial charge in [0.05, 0.1) is 0 Å². The number of esters is 1. The molecule has 0 N–H and O–H groups in total. The van der Waals surface area contributed by atoms with Crippen molar-refractivity contribution in [3.05, 3.63) is 46.6 Å². The van der Waals surface area contributed by atoms with Gasteiger partial charge in [-0.2, -0.15) is 0 Å². The van der Waals surface area contributed by atoms with E-state index in [1.165, 1.54) is 35.6 Å². The third-order valence-electron chi connectivity index (χ3n) is 4.37. The van der Waals surface area contributed by atoms with Crippen LogP contribution in [-0.4, -0.2) is 12.6 Å². The molecule has 0 rings (SSSR count). The number of rotatable bonds is 12. The van der Waals surface area contributed by atoms with E-state index in [2.05, 4.69) is 52.8 Å². The number of allylic oxidation sites excluding steroid dienone is 7. The number of hydrogen-bond acceptors (Lipinski definition) is 2. The zero-order valence-electron chi connectivity index (χ0n) is 17.3. The molecule has 0 saturated heterocycles. The molecule has 142 valence electrons. The molecule has 0 bridgehead atoms. The summed E-state index contributed by atoms with van der Waals surface area (Å²) >= 11 is 0. The van der Waals surface area contributed by atoms with Crippen LogP contribution < -0.4 is 0 Å². The molecule has 0 radical (unpaired) electrons. The fraction of sp³-hybridized carbons (Fsp3) is 0.609. The van der Waals surface area contributed by atoms with Crippen LogP contribution in [0.1, 0.15) is 86.5 Å². The SMILES string of the molecule is CC/C(C)=C/CC/C(C)=C/CC/C(C)=C/CC/C(C)=C/COC(C)=O. The van der Waals surface area contributed by atoms with Gasteiger partial charge in [0.15, 0.2) is 0 Å². The van der Waals surface area contributed by atoms with E-state index in [0.29, 0.717) is 6.61 Å². The van der Waals surface area contributed by atoms with Gasteiger partial charge in [0, 0.05) is 6.92 Å². The second-order valence-electron chi connectivity index (χ2n) is 6.97. The van der Waals surface area contributed by atoms with E-state index in [1.54, 1.807) is 0 Å². The summed E-state index contributed by atoms with van der Waals surface area (Å²) in [4.78, 5) is 10.7. The molecule has 0 saturated carbocycles. The molecule has 0 heterocycles. The van der Waals surface area contributed by atoms with Gasteiger partial charge in [-0.05, 0) is 78.7 Å². The van der Waals surface area contributed by atoms with Crippen LogP contribution in [0, 0.1) is 0 Å². The molecule has 0 fully saturated rings. The summed E-state index contributed by atoms with van der Waals surface area (Å²) in [5.41, 5.74) is 5.72. The van der Waals surface area contributed by atoms with Gasteiger partial charge in [-0.1, -0.05) is 47.4 Å². The van der Waals surface area contributed by atoms with Gasteiger partial charge in [-0.15, -0.1) is 0 Å². The monoisotopic (exact) mass is 346 g/mol. The molecule has 25 heavy (non-hydrogen) atoms. The zero-order valence-corrected chi connectivity index (χ0v) is 17.3. The quantitative estimate of drug-likeness (QED) is 0.278. The first-order valence-electron chi connectivity index (χ1n) is 9.61. The number of carbonyl (C=O) groups excluding carboxylic acids is 1. The van der Waals surface area contributed by atoms with Crippen molar-refractivity contribution in [3.8, 4) is 0 Å². The maximum atomic E-state index is 10.7. The van der Waals surface area contributed by atoms with Crippen molar-refractivity contribution in [2.24, 2.45) is 0 Å². The fourth-order valence-corrected chi connectivity index (χ4v) is 2.39. The Morgan fingerprint density at radius 2 is 1.08 bits per heavy atom. The predicted molar refractivity (Wildman–Crippen MR) is 110 cm³/mol. The van der Waals surface area contributed by atoms with Gasteiger partial charge in [-0.25, -0.2) is 0 Å². The summed E-state index contributed by atoms with van der Waals surface area (Å²) in [6.45, 7) is 12.8. The largest absolute Gasteiger partial charge is 0.462 e. The van der Waals surface area contributed by atoms with Gasteiger partial charge in [0.25, 0.3) is 0 Å². The van der Waals surface area contributed by atoms with Gasteiger partial charge in [0.2, 0.25) is 0 Å². The van der Waals surface area contributed by atoms with Crippen LogP contribution in [0.2, 0.25) is 0 Å². The van der Waals surface area contributed by atoms with Gasteiger partial charge in [0.1, 0.15) is 6.61 Å². The van der Waals surface area contributed by atoms with Crippen molar-refractivity contribution in [2.75, 3.05) is 6.61 Å². The Morgan fingerprint density at radius 3 is 1.48 bits per heavy atom. The lowest BCUT2D eigenvalue weighted by molar-refractivity contribution is -0.139. The average molecular weight is 347 g/mol. The zero-order chi connectivity index (χ0) is 19.1. The molecule has 2 nitrogen and oxygen atoms in total. The first kappa shape index (κ1) is 23.4. The van der Waals surface area contributed by atoms with Gasteiger partial charge in [-0.3, -0.25) is 4.79 Å². The molecule has 0 aromatic carbocycles. The predicted octanol–water partition coefficient (Wildman–Crippen LogP) is 7.09. The first-order valence-corrected chi connectivity index (χ1v) is 9.61. The second kappa shape index (κ2) is 14.7. The highest BCUT2D eigenvalue weighted by atomic mass is 16.5. The van der Waals surface area contributed by atoms with Crippen molar-refractivity contribution < 1.29 is 9.53 Å². The molecule has 0 aromatic rings. The van der Waals surface area contributed by atoms with E-state index in [4.69, 9.17) is 4.74 Å². The molecule has 0 aliphatic rings. The molecular formula is C23H38O2. The van der Waals surface area contributed by atoms with Crippen LogP contribution in [0.4, 0.5) is 0 Å². The first-order chi connectivity index (χ1) is 11.8. The van der Waals surface area contributed by atoms with Crippen LogP contribution >= 0.6 is 0 Å². The smallest absolute Gasteiger partial charge is 0.302 e. The lowest BCUT2D eigenvalue weighted by Gasteiger charge is -2.03. The summed E-state index contributed by atoms with van der Waals surface area (Å²) in [5, 5.41) is 0. The minimum Gasteiger partial charge on any atom is -0.462 e. The van der Waals surface area contributed by atoms with Crippen molar-refractivity contribution >= 4 is 5.97 Å². The van der Waals surface area contributed by atoms with E-state index in [1.807, 2.05) is 6.08 Å². The Hall–Kier alpha value is -1.57. The van der Waals surface area contributed by atoms with E-state index in [-0.39, 0.29) is 5.97 Å². The van der Waals surface area contributed by atoms with Crippen molar-refractivity contribution in [1.29, 1.82) is 0 Å². The minimum absolute atomic E-state index is 0.223. The Kier molecular flexibility index (Phi) is 13.8. The Bertz CT molecular complexity index is 504. The summed E-state index contributed by atoms with van der Waals surface area (Å²) < 4.78 is 4.92. The molecule has 2 heteroatoms. The highest BCUT2D eigenvalue weighted by molar-refractivity contribution is 5.66. The molecule has 0 aliphatic heterocycles. The Balaban J connectivity index is 4.00. The van der Waals surface area contributed by atoms with Crippen molar-refractivity contribution in [3.63, 3.8) is 0 Å². The average Bonchev–Trinajstić information content (AvgIpc) is 2.54. The van der Waals surface area contributed by atoms with Crippen LogP contribution in [-0.2, 0) is 9.53 Å². The summed E-state index contributed by atoms with van der Waals surface area (Å²) in [5.74, 6) is -0.223. The van der Waals surface area contributed by atoms with Crippen LogP contribution in [0.25, 0.3) is 0 Å². The maximum absolute atomic E-state index is 10.7. The second-order valence-corrected chi connectivity index (χ2v) is 6.97. The third kappa shape index (κ3) is 15.7. The topological polar surface area (TPSA) is 26.3 Å². The molecule has 0 aromatic heterocycles. The normalized spacial score (nSPS) is 14.0. The van der Waals surface area contributed by atoms with Crippen LogP contribution in [0.5, 0.6) is 0 Å². The maximum Gasteiger partial charge on any atom is 0.302 e. The highest BCUT2D eigenvalue weighted by Gasteiger charge is 1.94. The van der Waals surface area contributed by atoms with E-state index < -0.39 is 0 Å². The molecular weight excluding hydrogens is 308 g/mol. The van der Waals surface area contributed by atoms with E-state index in [0.717, 1.165) is 38.5 Å². The Morgan fingerprint density at radius 1 is 0.680 bits per heavy atom. The summed E-state index contributed by atoms with van der Waals surface area (Å²) in [6.07, 6.45) is 16.9. The van der Waals surface area contributed by atoms with Gasteiger partial charge >= 0.3 is 5.97 Å². The molecule has 0 atom stereocenters. The van der Waals surface area contributed by atoms with Crippen LogP contribution in [0.15, 0.2) is 46.6 Å². The highest BCUT2D eigenvalue weighted by Crippen LogP contribution is 2.13. The van der Waals surface area contributed by atoms with E-state index in [9.17, 15) is 4.79 Å². The summed E-state index contributed by atoms with van der Waals surface area (Å²) in [7, 11) is 0. The number of ether oxygens (including phenoxy) is 1. The van der Waals surface area contributed by atoms with Crippen LogP contribution in [0.3, 0.4) is 0 Å². The Labute approximate surface area is 155 Å². The summed E-state index contributed by atoms with van der Waals surface area (Å²) in [6, 6.07) is 0. The lowest BCUT2D eigenvalue weighted by atomic mass is 10.0. The van der Waals surface area contributed by atoms with Crippen molar-refractivity contribution in [2.45, 2.75) is 86.5 Å². The molecule has 0 spiro atoms. The molecule has 0 amide bonds. The van der Waals surface area contributed by atoms with Crippen molar-refractivity contribution in [1.82, 2.24) is 0 Å². The fourth-order valence-electron chi connectivity index (χ4n) is 2.39. The van der Waals surface area contributed by atoms with E-state index >= 15 is 0 Å². The molecule has 0 unspecified atom stereocenters. The van der Waals surface area contributed by atoms with Gasteiger partial charge < -0.3 is 4.74 Å². The lowest BCUT2D eigenvalue weighted by Crippen LogP contribution is -1.98. The minimum atomic E-state index is -0.223. The number of carbonyl (C=O) groups is 1.